The number of amides is 1. The molecule has 0 fully saturated rings. The number of carbonyl (C=O) groups is 2. The molecule has 1 amide bonds. The number of benzene rings is 1. The molecule has 0 aliphatic carbocycles. The second-order valence-electron chi connectivity index (χ2n) is 4.07. The molecule has 0 bridgehead atoms. The SMILES string of the molecule is NCCc1ccccc1C(=O)N[C@@H](CCO)C(=O)O. The van der Waals surface area contributed by atoms with E-state index in [0.29, 0.717) is 18.5 Å². The van der Waals surface area contributed by atoms with Gasteiger partial charge in [-0.3, -0.25) is 4.79 Å². The van der Waals surface area contributed by atoms with E-state index in [2.05, 4.69) is 5.32 Å². The van der Waals surface area contributed by atoms with Gasteiger partial charge in [-0.15, -0.1) is 0 Å². The van der Waals surface area contributed by atoms with Crippen LogP contribution in [0.5, 0.6) is 0 Å². The summed E-state index contributed by atoms with van der Waals surface area (Å²) in [5.74, 6) is -1.64. The lowest BCUT2D eigenvalue weighted by Crippen LogP contribution is -2.41. The number of nitrogens with one attached hydrogen (secondary N) is 1. The highest BCUT2D eigenvalue weighted by atomic mass is 16.4. The van der Waals surface area contributed by atoms with Gasteiger partial charge in [0.05, 0.1) is 0 Å². The van der Waals surface area contributed by atoms with Gasteiger partial charge in [0.2, 0.25) is 0 Å². The smallest absolute Gasteiger partial charge is 0.326 e. The molecule has 0 aromatic heterocycles. The number of rotatable bonds is 7. The number of aliphatic carboxylic acids is 1. The number of hydrogen-bond acceptors (Lipinski definition) is 4. The summed E-state index contributed by atoms with van der Waals surface area (Å²) < 4.78 is 0. The molecule has 104 valence electrons. The van der Waals surface area contributed by atoms with Crippen molar-refractivity contribution in [3.8, 4) is 0 Å². The zero-order chi connectivity index (χ0) is 14.3. The summed E-state index contributed by atoms with van der Waals surface area (Å²) in [6.45, 7) is 0.102. The monoisotopic (exact) mass is 266 g/mol. The molecule has 19 heavy (non-hydrogen) atoms. The van der Waals surface area contributed by atoms with Crippen molar-refractivity contribution in [2.75, 3.05) is 13.2 Å². The molecule has 5 N–H and O–H groups in total. The maximum atomic E-state index is 12.0. The molecular weight excluding hydrogens is 248 g/mol. The van der Waals surface area contributed by atoms with Crippen LogP contribution in [0.3, 0.4) is 0 Å². The van der Waals surface area contributed by atoms with Crippen molar-refractivity contribution in [3.63, 3.8) is 0 Å². The van der Waals surface area contributed by atoms with Crippen molar-refractivity contribution >= 4 is 11.9 Å². The Labute approximate surface area is 111 Å². The fourth-order valence-electron chi connectivity index (χ4n) is 1.74. The van der Waals surface area contributed by atoms with Gasteiger partial charge in [0, 0.05) is 18.6 Å². The number of hydrogen-bond donors (Lipinski definition) is 4. The zero-order valence-corrected chi connectivity index (χ0v) is 10.5. The van der Waals surface area contributed by atoms with Crippen molar-refractivity contribution in [1.29, 1.82) is 0 Å². The Bertz CT molecular complexity index is 448. The average Bonchev–Trinajstić information content (AvgIpc) is 2.39. The van der Waals surface area contributed by atoms with Crippen LogP contribution < -0.4 is 11.1 Å². The van der Waals surface area contributed by atoms with Crippen molar-refractivity contribution in [1.82, 2.24) is 5.32 Å². The van der Waals surface area contributed by atoms with E-state index in [-0.39, 0.29) is 13.0 Å². The van der Waals surface area contributed by atoms with Gasteiger partial charge >= 0.3 is 5.97 Å². The molecule has 1 atom stereocenters. The minimum Gasteiger partial charge on any atom is -0.480 e. The van der Waals surface area contributed by atoms with Gasteiger partial charge in [0.15, 0.2) is 0 Å². The number of aliphatic hydroxyl groups excluding tert-OH is 1. The largest absolute Gasteiger partial charge is 0.480 e. The Balaban J connectivity index is 2.84. The van der Waals surface area contributed by atoms with E-state index >= 15 is 0 Å². The van der Waals surface area contributed by atoms with Crippen LogP contribution in [-0.2, 0) is 11.2 Å². The molecule has 1 aromatic carbocycles. The van der Waals surface area contributed by atoms with Crippen LogP contribution in [-0.4, -0.2) is 41.3 Å². The molecule has 1 aromatic rings. The predicted molar refractivity (Wildman–Crippen MR) is 69.8 cm³/mol. The van der Waals surface area contributed by atoms with E-state index in [4.69, 9.17) is 15.9 Å². The Morgan fingerprint density at radius 3 is 2.58 bits per heavy atom. The van der Waals surface area contributed by atoms with Crippen molar-refractivity contribution in [2.45, 2.75) is 18.9 Å². The Hall–Kier alpha value is -1.92. The van der Waals surface area contributed by atoms with Gasteiger partial charge < -0.3 is 21.3 Å². The summed E-state index contributed by atoms with van der Waals surface area (Å²) in [4.78, 5) is 23.0. The standard InChI is InChI=1S/C13H18N2O4/c14-7-5-9-3-1-2-4-10(9)12(17)15-11(6-8-16)13(18)19/h1-4,11,16H,5-8,14H2,(H,15,17)(H,18,19)/t11-/m0/s1. The molecule has 6 nitrogen and oxygen atoms in total. The number of carboxylic acids is 1. The van der Waals surface area contributed by atoms with Crippen LogP contribution in [0.4, 0.5) is 0 Å². The number of carboxylic acid groups (broad SMARTS) is 1. The van der Waals surface area contributed by atoms with E-state index in [0.717, 1.165) is 5.56 Å². The summed E-state index contributed by atoms with van der Waals surface area (Å²) in [7, 11) is 0. The second-order valence-corrected chi connectivity index (χ2v) is 4.07. The molecule has 0 radical (unpaired) electrons. The average molecular weight is 266 g/mol. The summed E-state index contributed by atoms with van der Waals surface area (Å²) in [5.41, 5.74) is 6.66. The first-order valence-corrected chi connectivity index (χ1v) is 6.02. The van der Waals surface area contributed by atoms with Gasteiger partial charge in [0.25, 0.3) is 5.91 Å². The molecule has 0 saturated heterocycles. The Morgan fingerprint density at radius 2 is 2.00 bits per heavy atom. The molecular formula is C13H18N2O4. The lowest BCUT2D eigenvalue weighted by Gasteiger charge is -2.15. The highest BCUT2D eigenvalue weighted by Gasteiger charge is 2.21. The lowest BCUT2D eigenvalue weighted by atomic mass is 10.0. The summed E-state index contributed by atoms with van der Waals surface area (Å²) >= 11 is 0. The zero-order valence-electron chi connectivity index (χ0n) is 10.5. The highest BCUT2D eigenvalue weighted by Crippen LogP contribution is 2.09. The van der Waals surface area contributed by atoms with Crippen LogP contribution in [0.15, 0.2) is 24.3 Å². The van der Waals surface area contributed by atoms with Crippen LogP contribution in [0.1, 0.15) is 22.3 Å². The molecule has 0 saturated carbocycles. The van der Waals surface area contributed by atoms with Gasteiger partial charge in [-0.05, 0) is 24.6 Å². The van der Waals surface area contributed by atoms with Gasteiger partial charge in [0.1, 0.15) is 6.04 Å². The minimum absolute atomic E-state index is 0.0276. The van der Waals surface area contributed by atoms with Crippen LogP contribution >= 0.6 is 0 Å². The van der Waals surface area contributed by atoms with E-state index < -0.39 is 17.9 Å². The van der Waals surface area contributed by atoms with Crippen molar-refractivity contribution in [2.24, 2.45) is 5.73 Å². The molecule has 1 rings (SSSR count). The molecule has 0 heterocycles. The van der Waals surface area contributed by atoms with E-state index in [1.54, 1.807) is 24.3 Å². The topological polar surface area (TPSA) is 113 Å². The summed E-state index contributed by atoms with van der Waals surface area (Å²) in [6, 6.07) is 5.81. The van der Waals surface area contributed by atoms with Crippen molar-refractivity contribution < 1.29 is 19.8 Å². The summed E-state index contributed by atoms with van der Waals surface area (Å²) in [6.07, 6.45) is 0.515. The van der Waals surface area contributed by atoms with Gasteiger partial charge in [-0.25, -0.2) is 4.79 Å². The first kappa shape index (κ1) is 15.1. The third-order valence-corrected chi connectivity index (χ3v) is 2.70. The van der Waals surface area contributed by atoms with Crippen LogP contribution in [0, 0.1) is 0 Å². The third-order valence-electron chi connectivity index (χ3n) is 2.70. The van der Waals surface area contributed by atoms with E-state index in [9.17, 15) is 9.59 Å². The third kappa shape index (κ3) is 4.35. The molecule has 0 aliphatic rings. The van der Waals surface area contributed by atoms with Gasteiger partial charge in [-0.2, -0.15) is 0 Å². The second kappa shape index (κ2) is 7.50. The minimum atomic E-state index is -1.17. The fourth-order valence-corrected chi connectivity index (χ4v) is 1.74. The first-order chi connectivity index (χ1) is 9.10. The molecule has 0 spiro atoms. The number of nitrogens with two attached hydrogens (primary N) is 1. The normalized spacial score (nSPS) is 11.9. The Kier molecular flexibility index (Phi) is 5.98. The quantitative estimate of drug-likeness (QED) is 0.544. The molecule has 0 aliphatic heterocycles. The maximum Gasteiger partial charge on any atom is 0.326 e. The molecule has 6 heteroatoms. The van der Waals surface area contributed by atoms with Crippen LogP contribution in [0.2, 0.25) is 0 Å². The van der Waals surface area contributed by atoms with E-state index in [1.165, 1.54) is 0 Å². The van der Waals surface area contributed by atoms with Crippen molar-refractivity contribution in [3.05, 3.63) is 35.4 Å². The Morgan fingerprint density at radius 1 is 1.32 bits per heavy atom. The number of aliphatic hydroxyl groups is 1. The number of carbonyl (C=O) groups excluding carboxylic acids is 1. The highest BCUT2D eigenvalue weighted by molar-refractivity contribution is 5.97. The summed E-state index contributed by atoms with van der Waals surface area (Å²) in [5, 5.41) is 20.1. The lowest BCUT2D eigenvalue weighted by molar-refractivity contribution is -0.139. The van der Waals surface area contributed by atoms with Gasteiger partial charge in [-0.1, -0.05) is 18.2 Å². The van der Waals surface area contributed by atoms with Crippen LogP contribution in [0.25, 0.3) is 0 Å². The molecule has 0 unspecified atom stereocenters. The first-order valence-electron chi connectivity index (χ1n) is 6.02. The maximum absolute atomic E-state index is 12.0. The fraction of sp³-hybridized carbons (Fsp3) is 0.385. The predicted octanol–water partition coefficient (Wildman–Crippen LogP) is -0.247. The van der Waals surface area contributed by atoms with E-state index in [1.807, 2.05) is 0 Å².